The maximum absolute atomic E-state index is 12.6. The molecule has 150 valence electrons. The second-order valence-corrected chi connectivity index (χ2v) is 8.63. The summed E-state index contributed by atoms with van der Waals surface area (Å²) in [5.74, 6) is 0.182. The highest BCUT2D eigenvalue weighted by atomic mass is 35.5. The Kier molecular flexibility index (Phi) is 5.74. The molecule has 0 atom stereocenters. The van der Waals surface area contributed by atoms with Gasteiger partial charge in [-0.3, -0.25) is 9.20 Å². The molecule has 0 fully saturated rings. The molecule has 4 rings (SSSR count). The number of hydrogen-bond acceptors (Lipinski definition) is 5. The van der Waals surface area contributed by atoms with Crippen molar-refractivity contribution in [3.63, 3.8) is 0 Å². The Bertz CT molecular complexity index is 1150. The molecule has 0 saturated heterocycles. The number of rotatable bonds is 5. The number of amides is 1. The SMILES string of the molecule is Cc1nc2nc(C(=O)NCc3cccs3)cn2c(C2=C(Cl)C=C(Cl)CC2)c1CN. The van der Waals surface area contributed by atoms with Gasteiger partial charge in [-0.25, -0.2) is 9.97 Å². The van der Waals surface area contributed by atoms with E-state index in [0.717, 1.165) is 27.4 Å². The Morgan fingerprint density at radius 3 is 2.86 bits per heavy atom. The van der Waals surface area contributed by atoms with Crippen LogP contribution in [0.15, 0.2) is 39.9 Å². The van der Waals surface area contributed by atoms with Crippen LogP contribution in [0.5, 0.6) is 0 Å². The van der Waals surface area contributed by atoms with Crippen molar-refractivity contribution in [2.24, 2.45) is 5.73 Å². The Labute approximate surface area is 182 Å². The fraction of sp³-hybridized carbons (Fsp3) is 0.250. The van der Waals surface area contributed by atoms with Gasteiger partial charge in [-0.05, 0) is 42.9 Å². The van der Waals surface area contributed by atoms with Crippen molar-refractivity contribution < 1.29 is 4.79 Å². The van der Waals surface area contributed by atoms with E-state index < -0.39 is 0 Å². The van der Waals surface area contributed by atoms with E-state index in [0.29, 0.717) is 47.5 Å². The Balaban J connectivity index is 1.78. The molecule has 3 N–H and O–H groups in total. The van der Waals surface area contributed by atoms with E-state index in [4.69, 9.17) is 28.9 Å². The van der Waals surface area contributed by atoms with Crippen molar-refractivity contribution in [1.82, 2.24) is 19.7 Å². The molecule has 0 spiro atoms. The first-order valence-corrected chi connectivity index (χ1v) is 10.8. The van der Waals surface area contributed by atoms with E-state index in [2.05, 4.69) is 15.3 Å². The largest absolute Gasteiger partial charge is 0.346 e. The normalized spacial score (nSPS) is 14.4. The van der Waals surface area contributed by atoms with Crippen LogP contribution in [0, 0.1) is 6.92 Å². The molecule has 0 aromatic carbocycles. The van der Waals surface area contributed by atoms with Gasteiger partial charge in [0, 0.05) is 38.9 Å². The number of thiophene rings is 1. The predicted octanol–water partition coefficient (Wildman–Crippen LogP) is 4.35. The molecular formula is C20H19Cl2N5OS. The number of carbonyl (C=O) groups is 1. The Morgan fingerprint density at radius 2 is 2.17 bits per heavy atom. The molecule has 0 radical (unpaired) electrons. The number of hydrogen-bond donors (Lipinski definition) is 2. The van der Waals surface area contributed by atoms with Gasteiger partial charge in [-0.15, -0.1) is 11.3 Å². The second kappa shape index (κ2) is 8.28. The predicted molar refractivity (Wildman–Crippen MR) is 117 cm³/mol. The minimum Gasteiger partial charge on any atom is -0.346 e. The van der Waals surface area contributed by atoms with Crippen LogP contribution in [0.2, 0.25) is 0 Å². The zero-order valence-electron chi connectivity index (χ0n) is 15.7. The van der Waals surface area contributed by atoms with E-state index in [9.17, 15) is 4.79 Å². The Morgan fingerprint density at radius 1 is 1.34 bits per heavy atom. The van der Waals surface area contributed by atoms with Crippen LogP contribution in [-0.2, 0) is 13.1 Å². The number of nitrogens with two attached hydrogens (primary N) is 1. The average molecular weight is 448 g/mol. The molecule has 0 aliphatic heterocycles. The van der Waals surface area contributed by atoms with Crippen molar-refractivity contribution in [2.45, 2.75) is 32.9 Å². The minimum absolute atomic E-state index is 0.256. The summed E-state index contributed by atoms with van der Waals surface area (Å²) in [6.45, 7) is 2.64. The summed E-state index contributed by atoms with van der Waals surface area (Å²) in [4.78, 5) is 22.7. The fourth-order valence-electron chi connectivity index (χ4n) is 3.39. The van der Waals surface area contributed by atoms with Gasteiger partial charge in [0.2, 0.25) is 5.78 Å². The van der Waals surface area contributed by atoms with Crippen LogP contribution >= 0.6 is 34.5 Å². The number of carbonyl (C=O) groups excluding carboxylic acids is 1. The highest BCUT2D eigenvalue weighted by Crippen LogP contribution is 2.37. The highest BCUT2D eigenvalue weighted by molar-refractivity contribution is 7.09. The van der Waals surface area contributed by atoms with Crippen molar-refractivity contribution in [2.75, 3.05) is 0 Å². The summed E-state index contributed by atoms with van der Waals surface area (Å²) in [7, 11) is 0. The molecule has 3 aromatic rings. The van der Waals surface area contributed by atoms with E-state index in [1.165, 1.54) is 0 Å². The summed E-state index contributed by atoms with van der Waals surface area (Å²) in [5.41, 5.74) is 9.73. The lowest BCUT2D eigenvalue weighted by molar-refractivity contribution is 0.0947. The van der Waals surface area contributed by atoms with Gasteiger partial charge in [0.25, 0.3) is 5.91 Å². The van der Waals surface area contributed by atoms with Crippen LogP contribution in [0.1, 0.15) is 45.2 Å². The lowest BCUT2D eigenvalue weighted by atomic mass is 9.97. The molecule has 0 unspecified atom stereocenters. The second-order valence-electron chi connectivity index (χ2n) is 6.70. The lowest BCUT2D eigenvalue weighted by Crippen LogP contribution is -2.22. The molecular weight excluding hydrogens is 429 g/mol. The molecule has 6 nitrogen and oxygen atoms in total. The van der Waals surface area contributed by atoms with E-state index >= 15 is 0 Å². The first-order chi connectivity index (χ1) is 14.0. The monoisotopic (exact) mass is 447 g/mol. The summed E-state index contributed by atoms with van der Waals surface area (Å²) < 4.78 is 1.81. The third kappa shape index (κ3) is 3.96. The number of nitrogens with one attached hydrogen (secondary N) is 1. The van der Waals surface area contributed by atoms with Crippen molar-refractivity contribution >= 4 is 51.8 Å². The first-order valence-electron chi connectivity index (χ1n) is 9.12. The van der Waals surface area contributed by atoms with Gasteiger partial charge in [0.05, 0.1) is 12.2 Å². The molecule has 1 aliphatic rings. The maximum Gasteiger partial charge on any atom is 0.271 e. The van der Waals surface area contributed by atoms with Gasteiger partial charge in [-0.2, -0.15) is 0 Å². The zero-order chi connectivity index (χ0) is 20.5. The van der Waals surface area contributed by atoms with Gasteiger partial charge in [0.15, 0.2) is 0 Å². The number of fused-ring (bicyclic) bond motifs is 1. The van der Waals surface area contributed by atoms with Crippen molar-refractivity contribution in [1.29, 1.82) is 0 Å². The molecule has 0 saturated carbocycles. The van der Waals surface area contributed by atoms with Gasteiger partial charge in [0.1, 0.15) is 5.69 Å². The quantitative estimate of drug-likeness (QED) is 0.608. The van der Waals surface area contributed by atoms with E-state index in [1.807, 2.05) is 24.4 Å². The van der Waals surface area contributed by atoms with Crippen molar-refractivity contribution in [3.8, 4) is 0 Å². The lowest BCUT2D eigenvalue weighted by Gasteiger charge is -2.19. The summed E-state index contributed by atoms with van der Waals surface area (Å²) in [5, 5.41) is 6.16. The third-order valence-corrected chi connectivity index (χ3v) is 6.34. The molecule has 0 bridgehead atoms. The van der Waals surface area contributed by atoms with Crippen LogP contribution in [-0.4, -0.2) is 20.3 Å². The zero-order valence-corrected chi connectivity index (χ0v) is 18.0. The van der Waals surface area contributed by atoms with E-state index in [1.54, 1.807) is 28.0 Å². The van der Waals surface area contributed by atoms with E-state index in [-0.39, 0.29) is 5.91 Å². The molecule has 1 aliphatic carbocycles. The van der Waals surface area contributed by atoms with Crippen LogP contribution in [0.4, 0.5) is 0 Å². The molecule has 3 aromatic heterocycles. The third-order valence-electron chi connectivity index (χ3n) is 4.83. The molecule has 1 amide bonds. The maximum atomic E-state index is 12.6. The topological polar surface area (TPSA) is 85.3 Å². The molecule has 9 heteroatoms. The summed E-state index contributed by atoms with van der Waals surface area (Å²) in [6, 6.07) is 3.92. The highest BCUT2D eigenvalue weighted by Gasteiger charge is 2.23. The number of nitrogens with zero attached hydrogens (tertiary/aromatic N) is 3. The van der Waals surface area contributed by atoms with Crippen molar-refractivity contribution in [3.05, 3.63) is 67.4 Å². The number of imidazole rings is 1. The van der Waals surface area contributed by atoms with Gasteiger partial charge in [-0.1, -0.05) is 29.3 Å². The first kappa shape index (κ1) is 20.1. The molecule has 29 heavy (non-hydrogen) atoms. The smallest absolute Gasteiger partial charge is 0.271 e. The number of halogens is 2. The van der Waals surface area contributed by atoms with Crippen LogP contribution < -0.4 is 11.1 Å². The van der Waals surface area contributed by atoms with Gasteiger partial charge >= 0.3 is 0 Å². The number of allylic oxidation sites excluding steroid dienone is 4. The minimum atomic E-state index is -0.256. The average Bonchev–Trinajstić information content (AvgIpc) is 3.35. The standard InChI is InChI=1S/C20H19Cl2N5OS/c1-11-15(8-23)18(14-5-4-12(21)7-16(14)22)27-10-17(26-20(27)25-11)19(28)24-9-13-3-2-6-29-13/h2-3,6-7,10H,4-5,8-9,23H2,1H3,(H,24,28). The summed E-state index contributed by atoms with van der Waals surface area (Å²) in [6.07, 6.45) is 4.83. The number of aryl methyl sites for hydroxylation is 1. The Hall–Kier alpha value is -2.19. The van der Waals surface area contributed by atoms with Crippen LogP contribution in [0.25, 0.3) is 11.4 Å². The number of aromatic nitrogens is 3. The molecule has 3 heterocycles. The fourth-order valence-corrected chi connectivity index (χ4v) is 4.61. The summed E-state index contributed by atoms with van der Waals surface area (Å²) >= 11 is 14.3. The van der Waals surface area contributed by atoms with Crippen LogP contribution in [0.3, 0.4) is 0 Å². The van der Waals surface area contributed by atoms with Gasteiger partial charge < -0.3 is 11.1 Å².